The van der Waals surface area contributed by atoms with Gasteiger partial charge in [-0.1, -0.05) is 12.1 Å². The summed E-state index contributed by atoms with van der Waals surface area (Å²) in [6.45, 7) is 2.64. The van der Waals surface area contributed by atoms with E-state index in [0.717, 1.165) is 17.7 Å². The van der Waals surface area contributed by atoms with Crippen molar-refractivity contribution in [2.75, 3.05) is 0 Å². The number of benzene rings is 1. The van der Waals surface area contributed by atoms with Crippen LogP contribution in [0.3, 0.4) is 0 Å². The van der Waals surface area contributed by atoms with E-state index < -0.39 is 0 Å². The van der Waals surface area contributed by atoms with Crippen molar-refractivity contribution in [3.8, 4) is 5.69 Å². The van der Waals surface area contributed by atoms with Crippen LogP contribution < -0.4 is 5.32 Å². The smallest absolute Gasteiger partial charge is 0.224 e. The lowest BCUT2D eigenvalue weighted by molar-refractivity contribution is -0.122. The first-order valence-corrected chi connectivity index (χ1v) is 8.80. The van der Waals surface area contributed by atoms with Gasteiger partial charge in [0.1, 0.15) is 12.7 Å². The second-order valence-corrected chi connectivity index (χ2v) is 7.44. The van der Waals surface area contributed by atoms with Crippen molar-refractivity contribution < 1.29 is 4.79 Å². The Balaban J connectivity index is 1.36. The largest absolute Gasteiger partial charge is 0.352 e. The second-order valence-electron chi connectivity index (χ2n) is 6.12. The first kappa shape index (κ1) is 15.1. The van der Waals surface area contributed by atoms with Gasteiger partial charge in [0.05, 0.1) is 5.69 Å². The Kier molecular flexibility index (Phi) is 3.90. The molecule has 5 nitrogen and oxygen atoms in total. The number of hydrogen-bond acceptors (Lipinski definition) is 4. The number of nitrogens with zero attached hydrogens (tertiary/aromatic N) is 3. The molecule has 1 fully saturated rings. The van der Waals surface area contributed by atoms with Crippen LogP contribution in [0.2, 0.25) is 0 Å². The number of nitrogens with one attached hydrogen (secondary N) is 1. The van der Waals surface area contributed by atoms with E-state index in [1.54, 1.807) is 22.3 Å². The SMILES string of the molecule is Cc1ccc([C@H]2C[C@H]2C(=O)NCc2cccc(-n3cncn3)c2)s1. The van der Waals surface area contributed by atoms with Gasteiger partial charge in [0.25, 0.3) is 0 Å². The van der Waals surface area contributed by atoms with E-state index in [0.29, 0.717) is 12.5 Å². The highest BCUT2D eigenvalue weighted by atomic mass is 32.1. The maximum atomic E-state index is 12.3. The molecule has 2 aromatic heterocycles. The highest BCUT2D eigenvalue weighted by Gasteiger charge is 2.44. The molecule has 0 aliphatic heterocycles. The van der Waals surface area contributed by atoms with Crippen molar-refractivity contribution in [3.63, 3.8) is 0 Å². The van der Waals surface area contributed by atoms with Crippen molar-refractivity contribution >= 4 is 17.2 Å². The third kappa shape index (κ3) is 3.10. The summed E-state index contributed by atoms with van der Waals surface area (Å²) in [7, 11) is 0. The summed E-state index contributed by atoms with van der Waals surface area (Å²) >= 11 is 1.80. The number of thiophene rings is 1. The summed E-state index contributed by atoms with van der Waals surface area (Å²) in [5.41, 5.74) is 2.00. The van der Waals surface area contributed by atoms with E-state index in [1.807, 2.05) is 24.3 Å². The average molecular weight is 338 g/mol. The Morgan fingerprint density at radius 3 is 3.04 bits per heavy atom. The van der Waals surface area contributed by atoms with Gasteiger partial charge in [0, 0.05) is 28.1 Å². The Morgan fingerprint density at radius 1 is 1.38 bits per heavy atom. The van der Waals surface area contributed by atoms with Crippen LogP contribution >= 0.6 is 11.3 Å². The minimum atomic E-state index is 0.126. The fraction of sp³-hybridized carbons (Fsp3) is 0.278. The van der Waals surface area contributed by atoms with Gasteiger partial charge in [-0.05, 0) is 43.2 Å². The zero-order valence-corrected chi connectivity index (χ0v) is 14.2. The lowest BCUT2D eigenvalue weighted by atomic mass is 10.2. The molecule has 0 radical (unpaired) electrons. The topological polar surface area (TPSA) is 59.8 Å². The Bertz CT molecular complexity index is 856. The van der Waals surface area contributed by atoms with E-state index in [4.69, 9.17) is 0 Å². The molecule has 4 rings (SSSR count). The van der Waals surface area contributed by atoms with Crippen molar-refractivity contribution in [1.82, 2.24) is 20.1 Å². The summed E-state index contributed by atoms with van der Waals surface area (Å²) in [6.07, 6.45) is 4.13. The molecule has 3 aromatic rings. The number of carbonyl (C=O) groups is 1. The van der Waals surface area contributed by atoms with Crippen LogP contribution in [0.4, 0.5) is 0 Å². The molecule has 1 aliphatic rings. The van der Waals surface area contributed by atoms with Gasteiger partial charge in [0.15, 0.2) is 0 Å². The minimum absolute atomic E-state index is 0.126. The predicted octanol–water partition coefficient (Wildman–Crippen LogP) is 3.06. The molecule has 24 heavy (non-hydrogen) atoms. The van der Waals surface area contributed by atoms with Crippen molar-refractivity contribution in [3.05, 3.63) is 64.4 Å². The van der Waals surface area contributed by atoms with Crippen LogP contribution in [0, 0.1) is 12.8 Å². The molecular weight excluding hydrogens is 320 g/mol. The quantitative estimate of drug-likeness (QED) is 0.778. The molecule has 1 saturated carbocycles. The lowest BCUT2D eigenvalue weighted by Crippen LogP contribution is -2.24. The maximum Gasteiger partial charge on any atom is 0.224 e. The molecule has 6 heteroatoms. The van der Waals surface area contributed by atoms with E-state index in [9.17, 15) is 4.79 Å². The highest BCUT2D eigenvalue weighted by Crippen LogP contribution is 2.49. The highest BCUT2D eigenvalue weighted by molar-refractivity contribution is 7.12. The molecule has 0 bridgehead atoms. The van der Waals surface area contributed by atoms with Crippen LogP contribution in [-0.2, 0) is 11.3 Å². The molecule has 1 aromatic carbocycles. The first-order valence-electron chi connectivity index (χ1n) is 7.99. The monoisotopic (exact) mass is 338 g/mol. The van der Waals surface area contributed by atoms with E-state index in [2.05, 4.69) is 34.5 Å². The number of carbonyl (C=O) groups excluding carboxylic acids is 1. The Labute approximate surface area is 144 Å². The number of aromatic nitrogens is 3. The maximum absolute atomic E-state index is 12.3. The molecule has 0 spiro atoms. The third-order valence-electron chi connectivity index (χ3n) is 4.31. The average Bonchev–Trinajstić information content (AvgIpc) is 3.00. The number of aryl methyl sites for hydroxylation is 1. The lowest BCUT2D eigenvalue weighted by Gasteiger charge is -2.07. The number of amides is 1. The summed E-state index contributed by atoms with van der Waals surface area (Å²) in [5, 5.41) is 7.19. The Hall–Kier alpha value is -2.47. The van der Waals surface area contributed by atoms with Gasteiger partial charge in [-0.25, -0.2) is 9.67 Å². The molecule has 122 valence electrons. The number of hydrogen-bond donors (Lipinski definition) is 1. The minimum Gasteiger partial charge on any atom is -0.352 e. The zero-order chi connectivity index (χ0) is 16.5. The van der Waals surface area contributed by atoms with E-state index in [-0.39, 0.29) is 11.8 Å². The Morgan fingerprint density at radius 2 is 2.29 bits per heavy atom. The zero-order valence-electron chi connectivity index (χ0n) is 13.3. The molecule has 2 heterocycles. The molecule has 0 saturated heterocycles. The number of rotatable bonds is 5. The van der Waals surface area contributed by atoms with Crippen LogP contribution in [0.1, 0.15) is 27.7 Å². The van der Waals surface area contributed by atoms with Gasteiger partial charge in [-0.15, -0.1) is 11.3 Å². The molecule has 2 atom stereocenters. The standard InChI is InChI=1S/C18H18N4OS/c1-12-5-6-17(24-12)15-8-16(15)18(23)20-9-13-3-2-4-14(7-13)22-11-19-10-21-22/h2-7,10-11,15-16H,8-9H2,1H3,(H,20,23)/t15-,16+/m0/s1. The van der Waals surface area contributed by atoms with Crippen LogP contribution in [0.5, 0.6) is 0 Å². The normalized spacial score (nSPS) is 19.2. The van der Waals surface area contributed by atoms with E-state index >= 15 is 0 Å². The molecule has 0 unspecified atom stereocenters. The predicted molar refractivity (Wildman–Crippen MR) is 93.1 cm³/mol. The van der Waals surface area contributed by atoms with Crippen molar-refractivity contribution in [2.45, 2.75) is 25.8 Å². The molecule has 1 N–H and O–H groups in total. The summed E-state index contributed by atoms with van der Waals surface area (Å²) in [6, 6.07) is 12.2. The summed E-state index contributed by atoms with van der Waals surface area (Å²) in [5.74, 6) is 0.684. The van der Waals surface area contributed by atoms with Crippen molar-refractivity contribution in [1.29, 1.82) is 0 Å². The molecule has 1 aliphatic carbocycles. The first-order chi connectivity index (χ1) is 11.7. The van der Waals surface area contributed by atoms with Crippen LogP contribution in [0.25, 0.3) is 5.69 Å². The summed E-state index contributed by atoms with van der Waals surface area (Å²) < 4.78 is 1.71. The van der Waals surface area contributed by atoms with Gasteiger partial charge in [0.2, 0.25) is 5.91 Å². The molecule has 1 amide bonds. The second kappa shape index (κ2) is 6.20. The van der Waals surface area contributed by atoms with Gasteiger partial charge < -0.3 is 5.32 Å². The summed E-state index contributed by atoms with van der Waals surface area (Å²) in [4.78, 5) is 18.9. The molecular formula is C18H18N4OS. The van der Waals surface area contributed by atoms with Crippen LogP contribution in [0.15, 0.2) is 49.1 Å². The van der Waals surface area contributed by atoms with Crippen LogP contribution in [-0.4, -0.2) is 20.7 Å². The van der Waals surface area contributed by atoms with Gasteiger partial charge in [-0.2, -0.15) is 5.10 Å². The fourth-order valence-corrected chi connectivity index (χ4v) is 3.98. The van der Waals surface area contributed by atoms with Crippen molar-refractivity contribution in [2.24, 2.45) is 5.92 Å². The van der Waals surface area contributed by atoms with E-state index in [1.165, 1.54) is 16.1 Å². The van der Waals surface area contributed by atoms with Gasteiger partial charge in [-0.3, -0.25) is 4.79 Å². The third-order valence-corrected chi connectivity index (χ3v) is 5.45. The fourth-order valence-electron chi connectivity index (χ4n) is 2.92. The van der Waals surface area contributed by atoms with Gasteiger partial charge >= 0.3 is 0 Å².